The van der Waals surface area contributed by atoms with E-state index in [1.807, 2.05) is 0 Å². The van der Waals surface area contributed by atoms with Gasteiger partial charge in [-0.05, 0) is 19.9 Å². The first-order chi connectivity index (χ1) is 5.74. The number of rotatable bonds is 2. The van der Waals surface area contributed by atoms with E-state index in [9.17, 15) is 9.59 Å². The number of carbonyl (C=O) groups excluding carboxylic acids is 2. The minimum atomic E-state index is -0.266. The van der Waals surface area contributed by atoms with E-state index in [-0.39, 0.29) is 23.9 Å². The van der Waals surface area contributed by atoms with Crippen LogP contribution in [0.25, 0.3) is 0 Å². The number of likely N-dealkylation sites (N-methyl/N-ethyl adjacent to an activating group) is 1. The summed E-state index contributed by atoms with van der Waals surface area (Å²) in [5, 5.41) is 2.84. The van der Waals surface area contributed by atoms with Gasteiger partial charge in [-0.25, -0.2) is 0 Å². The summed E-state index contributed by atoms with van der Waals surface area (Å²) < 4.78 is 0. The van der Waals surface area contributed by atoms with Crippen LogP contribution in [0.1, 0.15) is 19.3 Å². The van der Waals surface area contributed by atoms with Crippen LogP contribution in [-0.4, -0.2) is 35.8 Å². The maximum atomic E-state index is 11.5. The number of nitrogens with one attached hydrogen (secondary N) is 1. The summed E-state index contributed by atoms with van der Waals surface area (Å²) >= 11 is 0. The van der Waals surface area contributed by atoms with Crippen LogP contribution in [0.5, 0.6) is 0 Å². The standard InChI is InChI=1S/C8H12N2O2/c1-9-6-4-7(11)10(8(6)12)5-2-3-5/h5-6,9H,2-4H2,1H3. The van der Waals surface area contributed by atoms with Gasteiger partial charge in [0.1, 0.15) is 0 Å². The van der Waals surface area contributed by atoms with Crippen molar-refractivity contribution in [2.45, 2.75) is 31.3 Å². The molecule has 1 unspecified atom stereocenters. The van der Waals surface area contributed by atoms with Crippen LogP contribution in [0.4, 0.5) is 0 Å². The highest BCUT2D eigenvalue weighted by molar-refractivity contribution is 6.06. The highest BCUT2D eigenvalue weighted by atomic mass is 16.2. The molecule has 1 aliphatic heterocycles. The highest BCUT2D eigenvalue weighted by Crippen LogP contribution is 2.31. The fourth-order valence-corrected chi connectivity index (χ4v) is 1.59. The minimum Gasteiger partial charge on any atom is -0.308 e. The van der Waals surface area contributed by atoms with Crippen LogP contribution in [0.15, 0.2) is 0 Å². The molecule has 0 aromatic heterocycles. The van der Waals surface area contributed by atoms with Crippen molar-refractivity contribution in [2.75, 3.05) is 7.05 Å². The van der Waals surface area contributed by atoms with Crippen LogP contribution in [0.3, 0.4) is 0 Å². The number of nitrogens with zero attached hydrogens (tertiary/aromatic N) is 1. The molecule has 1 saturated heterocycles. The largest absolute Gasteiger partial charge is 0.308 e. The summed E-state index contributed by atoms with van der Waals surface area (Å²) in [6.07, 6.45) is 2.33. The molecule has 1 aliphatic carbocycles. The monoisotopic (exact) mass is 168 g/mol. The van der Waals surface area contributed by atoms with Gasteiger partial charge in [0, 0.05) is 6.04 Å². The van der Waals surface area contributed by atoms with Gasteiger partial charge in [-0.2, -0.15) is 0 Å². The average Bonchev–Trinajstić information content (AvgIpc) is 2.80. The van der Waals surface area contributed by atoms with E-state index in [1.54, 1.807) is 7.05 Å². The predicted octanol–water partition coefficient (Wildman–Crippen LogP) is -0.504. The Morgan fingerprint density at radius 3 is 2.50 bits per heavy atom. The Bertz CT molecular complexity index is 235. The SMILES string of the molecule is CNC1CC(=O)N(C2CC2)C1=O. The lowest BCUT2D eigenvalue weighted by atomic mass is 10.2. The molecule has 1 atom stereocenters. The summed E-state index contributed by atoms with van der Waals surface area (Å²) in [6.45, 7) is 0. The Balaban J connectivity index is 2.13. The summed E-state index contributed by atoms with van der Waals surface area (Å²) in [4.78, 5) is 24.2. The molecular formula is C8H12N2O2. The first-order valence-electron chi connectivity index (χ1n) is 4.27. The summed E-state index contributed by atoms with van der Waals surface area (Å²) in [5.41, 5.74) is 0. The number of amides is 2. The Labute approximate surface area is 70.9 Å². The molecule has 12 heavy (non-hydrogen) atoms. The van der Waals surface area contributed by atoms with Crippen LogP contribution >= 0.6 is 0 Å². The smallest absolute Gasteiger partial charge is 0.247 e. The van der Waals surface area contributed by atoms with E-state index >= 15 is 0 Å². The minimum absolute atomic E-state index is 0.0122. The van der Waals surface area contributed by atoms with Crippen LogP contribution in [-0.2, 0) is 9.59 Å². The summed E-state index contributed by atoms with van der Waals surface area (Å²) in [6, 6.07) is -0.0403. The van der Waals surface area contributed by atoms with E-state index in [4.69, 9.17) is 0 Å². The molecule has 0 aromatic rings. The zero-order chi connectivity index (χ0) is 8.72. The van der Waals surface area contributed by atoms with Crippen molar-refractivity contribution >= 4 is 11.8 Å². The zero-order valence-corrected chi connectivity index (χ0v) is 7.04. The number of hydrogen-bond acceptors (Lipinski definition) is 3. The lowest BCUT2D eigenvalue weighted by molar-refractivity contribution is -0.139. The Hall–Kier alpha value is -0.900. The van der Waals surface area contributed by atoms with Gasteiger partial charge < -0.3 is 5.32 Å². The molecule has 2 aliphatic rings. The zero-order valence-electron chi connectivity index (χ0n) is 7.04. The lowest BCUT2D eigenvalue weighted by Crippen LogP contribution is -2.38. The molecule has 0 bridgehead atoms. The first-order valence-corrected chi connectivity index (χ1v) is 4.27. The molecule has 66 valence electrons. The fraction of sp³-hybridized carbons (Fsp3) is 0.750. The fourth-order valence-electron chi connectivity index (χ4n) is 1.59. The van der Waals surface area contributed by atoms with Crippen molar-refractivity contribution in [2.24, 2.45) is 0 Å². The average molecular weight is 168 g/mol. The number of hydrogen-bond donors (Lipinski definition) is 1. The molecule has 1 N–H and O–H groups in total. The first kappa shape index (κ1) is 7.73. The highest BCUT2D eigenvalue weighted by Gasteiger charge is 2.45. The van der Waals surface area contributed by atoms with Crippen molar-refractivity contribution in [3.63, 3.8) is 0 Å². The molecule has 0 spiro atoms. The van der Waals surface area contributed by atoms with Gasteiger partial charge >= 0.3 is 0 Å². The lowest BCUT2D eigenvalue weighted by Gasteiger charge is -2.12. The third-order valence-corrected chi connectivity index (χ3v) is 2.44. The molecule has 1 saturated carbocycles. The molecule has 0 aromatic carbocycles. The number of imide groups is 1. The van der Waals surface area contributed by atoms with Gasteiger partial charge in [-0.15, -0.1) is 0 Å². The quantitative estimate of drug-likeness (QED) is 0.565. The summed E-state index contributed by atoms with van der Waals surface area (Å²) in [7, 11) is 1.71. The Morgan fingerprint density at radius 1 is 1.42 bits per heavy atom. The maximum Gasteiger partial charge on any atom is 0.247 e. The second-order valence-corrected chi connectivity index (χ2v) is 3.38. The molecule has 2 rings (SSSR count). The van der Waals surface area contributed by atoms with Gasteiger partial charge in [-0.3, -0.25) is 14.5 Å². The molecule has 2 fully saturated rings. The Kier molecular flexibility index (Phi) is 1.65. The molecular weight excluding hydrogens is 156 g/mol. The van der Waals surface area contributed by atoms with Gasteiger partial charge in [0.2, 0.25) is 11.8 Å². The van der Waals surface area contributed by atoms with Crippen molar-refractivity contribution in [3.05, 3.63) is 0 Å². The van der Waals surface area contributed by atoms with Gasteiger partial charge in [0.25, 0.3) is 0 Å². The summed E-state index contributed by atoms with van der Waals surface area (Å²) in [5.74, 6) is -0.0492. The maximum absolute atomic E-state index is 11.5. The van der Waals surface area contributed by atoms with E-state index in [2.05, 4.69) is 5.32 Å². The molecule has 4 nitrogen and oxygen atoms in total. The van der Waals surface area contributed by atoms with E-state index in [0.29, 0.717) is 6.42 Å². The normalized spacial score (nSPS) is 30.1. The topological polar surface area (TPSA) is 49.4 Å². The number of likely N-dealkylation sites (tertiary alicyclic amines) is 1. The molecule has 4 heteroatoms. The van der Waals surface area contributed by atoms with Crippen LogP contribution in [0.2, 0.25) is 0 Å². The third kappa shape index (κ3) is 1.03. The van der Waals surface area contributed by atoms with Gasteiger partial charge in [0.05, 0.1) is 12.5 Å². The molecule has 2 amide bonds. The van der Waals surface area contributed by atoms with Gasteiger partial charge in [0.15, 0.2) is 0 Å². The molecule has 0 radical (unpaired) electrons. The van der Waals surface area contributed by atoms with Crippen molar-refractivity contribution in [3.8, 4) is 0 Å². The van der Waals surface area contributed by atoms with Crippen molar-refractivity contribution in [1.82, 2.24) is 10.2 Å². The second-order valence-electron chi connectivity index (χ2n) is 3.38. The predicted molar refractivity (Wildman–Crippen MR) is 42.3 cm³/mol. The van der Waals surface area contributed by atoms with Crippen molar-refractivity contribution in [1.29, 1.82) is 0 Å². The van der Waals surface area contributed by atoms with Crippen LogP contribution < -0.4 is 5.32 Å². The Morgan fingerprint density at radius 2 is 2.08 bits per heavy atom. The van der Waals surface area contributed by atoms with Gasteiger partial charge in [-0.1, -0.05) is 0 Å². The van der Waals surface area contributed by atoms with Crippen molar-refractivity contribution < 1.29 is 9.59 Å². The third-order valence-electron chi connectivity index (χ3n) is 2.44. The number of carbonyl (C=O) groups is 2. The molecule has 1 heterocycles. The van der Waals surface area contributed by atoms with E-state index in [0.717, 1.165) is 12.8 Å². The second kappa shape index (κ2) is 2.55. The van der Waals surface area contributed by atoms with E-state index < -0.39 is 0 Å². The van der Waals surface area contributed by atoms with Crippen LogP contribution in [0, 0.1) is 0 Å². The van der Waals surface area contributed by atoms with E-state index in [1.165, 1.54) is 4.90 Å².